The molecule has 1 aromatic heterocycles. The van der Waals surface area contributed by atoms with Gasteiger partial charge in [0.1, 0.15) is 0 Å². The monoisotopic (exact) mass is 300 g/mol. The first-order valence-corrected chi connectivity index (χ1v) is 7.77. The van der Waals surface area contributed by atoms with Crippen molar-refractivity contribution in [1.82, 2.24) is 9.78 Å². The molecule has 118 valence electrons. The van der Waals surface area contributed by atoms with Crippen LogP contribution in [0.1, 0.15) is 26.0 Å². The summed E-state index contributed by atoms with van der Waals surface area (Å²) in [7, 11) is 0. The summed E-state index contributed by atoms with van der Waals surface area (Å²) in [4.78, 5) is 14.2. The molecule has 0 aliphatic rings. The van der Waals surface area contributed by atoms with Crippen LogP contribution in [0, 0.1) is 6.92 Å². The largest absolute Gasteiger partial charge is 0.372 e. The number of aromatic nitrogens is 2. The van der Waals surface area contributed by atoms with Gasteiger partial charge < -0.3 is 10.2 Å². The van der Waals surface area contributed by atoms with Crippen molar-refractivity contribution in [3.05, 3.63) is 42.2 Å². The maximum Gasteiger partial charge on any atom is 0.226 e. The minimum atomic E-state index is 0.00347. The number of benzene rings is 1. The third kappa shape index (κ3) is 4.35. The molecule has 0 saturated heterocycles. The molecule has 0 fully saturated rings. The van der Waals surface area contributed by atoms with E-state index in [1.807, 2.05) is 43.5 Å². The van der Waals surface area contributed by atoms with Crippen LogP contribution in [-0.2, 0) is 11.3 Å². The maximum atomic E-state index is 12.0. The Bertz CT molecular complexity index is 599. The van der Waals surface area contributed by atoms with Crippen LogP contribution >= 0.6 is 0 Å². The average Bonchev–Trinajstić information content (AvgIpc) is 2.94. The summed E-state index contributed by atoms with van der Waals surface area (Å²) in [6, 6.07) is 9.91. The SMILES string of the molecule is CCN(CC)c1ccc(NC(=O)CCn2ccc(C)n2)cc1. The molecule has 0 aliphatic carbocycles. The quantitative estimate of drug-likeness (QED) is 0.855. The van der Waals surface area contributed by atoms with Crippen LogP contribution < -0.4 is 10.2 Å². The number of carbonyl (C=O) groups excluding carboxylic acids is 1. The lowest BCUT2D eigenvalue weighted by atomic mass is 10.2. The van der Waals surface area contributed by atoms with Gasteiger partial charge in [-0.25, -0.2) is 0 Å². The van der Waals surface area contributed by atoms with Crippen molar-refractivity contribution in [2.75, 3.05) is 23.3 Å². The summed E-state index contributed by atoms with van der Waals surface area (Å²) < 4.78 is 1.79. The van der Waals surface area contributed by atoms with Gasteiger partial charge in [0.05, 0.1) is 5.69 Å². The minimum absolute atomic E-state index is 0.00347. The number of anilines is 2. The molecule has 0 bridgehead atoms. The summed E-state index contributed by atoms with van der Waals surface area (Å²) in [6.45, 7) is 8.76. The van der Waals surface area contributed by atoms with Crippen LogP contribution in [-0.4, -0.2) is 28.8 Å². The van der Waals surface area contributed by atoms with Gasteiger partial charge in [-0.05, 0) is 51.1 Å². The Kier molecular flexibility index (Phi) is 5.58. The maximum absolute atomic E-state index is 12.0. The average molecular weight is 300 g/mol. The van der Waals surface area contributed by atoms with Gasteiger partial charge in [0.25, 0.3) is 0 Å². The van der Waals surface area contributed by atoms with E-state index in [1.165, 1.54) is 5.69 Å². The van der Waals surface area contributed by atoms with Gasteiger partial charge >= 0.3 is 0 Å². The van der Waals surface area contributed by atoms with Crippen LogP contribution in [0.2, 0.25) is 0 Å². The predicted octanol–water partition coefficient (Wildman–Crippen LogP) is 3.07. The molecule has 1 N–H and O–H groups in total. The zero-order valence-electron chi connectivity index (χ0n) is 13.5. The highest BCUT2D eigenvalue weighted by Gasteiger charge is 2.05. The number of carbonyl (C=O) groups is 1. The fraction of sp³-hybridized carbons (Fsp3) is 0.412. The Morgan fingerprint density at radius 1 is 1.18 bits per heavy atom. The Morgan fingerprint density at radius 3 is 2.41 bits per heavy atom. The highest BCUT2D eigenvalue weighted by Crippen LogP contribution is 2.17. The first kappa shape index (κ1) is 16.1. The van der Waals surface area contributed by atoms with Crippen molar-refractivity contribution in [3.8, 4) is 0 Å². The van der Waals surface area contributed by atoms with Crippen molar-refractivity contribution >= 4 is 17.3 Å². The van der Waals surface area contributed by atoms with Crippen molar-refractivity contribution in [3.63, 3.8) is 0 Å². The van der Waals surface area contributed by atoms with Gasteiger partial charge in [-0.1, -0.05) is 0 Å². The molecule has 0 unspecified atom stereocenters. The van der Waals surface area contributed by atoms with Gasteiger partial charge in [-0.3, -0.25) is 9.48 Å². The number of amides is 1. The third-order valence-corrected chi connectivity index (χ3v) is 3.62. The zero-order valence-corrected chi connectivity index (χ0v) is 13.5. The fourth-order valence-electron chi connectivity index (χ4n) is 2.37. The van der Waals surface area contributed by atoms with E-state index in [2.05, 4.69) is 29.2 Å². The summed E-state index contributed by atoms with van der Waals surface area (Å²) >= 11 is 0. The summed E-state index contributed by atoms with van der Waals surface area (Å²) in [5.74, 6) is 0.00347. The first-order chi connectivity index (χ1) is 10.6. The molecule has 1 amide bonds. The number of nitrogens with zero attached hydrogens (tertiary/aromatic N) is 3. The van der Waals surface area contributed by atoms with Crippen molar-refractivity contribution in [2.24, 2.45) is 0 Å². The lowest BCUT2D eigenvalue weighted by Crippen LogP contribution is -2.21. The lowest BCUT2D eigenvalue weighted by molar-refractivity contribution is -0.116. The van der Waals surface area contributed by atoms with Gasteiger partial charge in [-0.2, -0.15) is 5.10 Å². The minimum Gasteiger partial charge on any atom is -0.372 e. The zero-order chi connectivity index (χ0) is 15.9. The van der Waals surface area contributed by atoms with Gasteiger partial charge in [0.2, 0.25) is 5.91 Å². The lowest BCUT2D eigenvalue weighted by Gasteiger charge is -2.21. The molecule has 2 rings (SSSR count). The van der Waals surface area contributed by atoms with Crippen LogP contribution in [0.3, 0.4) is 0 Å². The summed E-state index contributed by atoms with van der Waals surface area (Å²) in [5.41, 5.74) is 2.97. The van der Waals surface area contributed by atoms with Crippen LogP contribution in [0.5, 0.6) is 0 Å². The summed E-state index contributed by atoms with van der Waals surface area (Å²) in [5, 5.41) is 7.19. The molecule has 0 spiro atoms. The predicted molar refractivity (Wildman–Crippen MR) is 90.2 cm³/mol. The van der Waals surface area contributed by atoms with Crippen LogP contribution in [0.4, 0.5) is 11.4 Å². The molecular weight excluding hydrogens is 276 g/mol. The molecular formula is C17H24N4O. The van der Waals surface area contributed by atoms with E-state index >= 15 is 0 Å². The van der Waals surface area contributed by atoms with E-state index in [0.717, 1.165) is 24.5 Å². The van der Waals surface area contributed by atoms with E-state index in [0.29, 0.717) is 13.0 Å². The molecule has 1 heterocycles. The first-order valence-electron chi connectivity index (χ1n) is 7.77. The van der Waals surface area contributed by atoms with Gasteiger partial charge in [0, 0.05) is 43.6 Å². The number of nitrogens with one attached hydrogen (secondary N) is 1. The van der Waals surface area contributed by atoms with E-state index in [9.17, 15) is 4.79 Å². The summed E-state index contributed by atoms with van der Waals surface area (Å²) in [6.07, 6.45) is 2.31. The highest BCUT2D eigenvalue weighted by molar-refractivity contribution is 5.90. The molecule has 22 heavy (non-hydrogen) atoms. The molecule has 0 saturated carbocycles. The molecule has 2 aromatic rings. The molecule has 0 radical (unpaired) electrons. The Labute approximate surface area is 131 Å². The molecule has 5 nitrogen and oxygen atoms in total. The second-order valence-corrected chi connectivity index (χ2v) is 5.24. The van der Waals surface area contributed by atoms with Gasteiger partial charge in [-0.15, -0.1) is 0 Å². The molecule has 5 heteroatoms. The van der Waals surface area contributed by atoms with Crippen molar-refractivity contribution in [2.45, 2.75) is 33.7 Å². The highest BCUT2D eigenvalue weighted by atomic mass is 16.1. The van der Waals surface area contributed by atoms with Crippen molar-refractivity contribution in [1.29, 1.82) is 0 Å². The second-order valence-electron chi connectivity index (χ2n) is 5.24. The van der Waals surface area contributed by atoms with E-state index in [4.69, 9.17) is 0 Å². The third-order valence-electron chi connectivity index (χ3n) is 3.62. The molecule has 0 atom stereocenters. The van der Waals surface area contributed by atoms with E-state index < -0.39 is 0 Å². The number of aryl methyl sites for hydroxylation is 2. The van der Waals surface area contributed by atoms with E-state index in [1.54, 1.807) is 4.68 Å². The van der Waals surface area contributed by atoms with E-state index in [-0.39, 0.29) is 5.91 Å². The second kappa shape index (κ2) is 7.64. The number of hydrogen-bond acceptors (Lipinski definition) is 3. The fourth-order valence-corrected chi connectivity index (χ4v) is 2.37. The molecule has 0 aliphatic heterocycles. The van der Waals surface area contributed by atoms with Crippen LogP contribution in [0.25, 0.3) is 0 Å². The number of hydrogen-bond donors (Lipinski definition) is 1. The normalized spacial score (nSPS) is 10.5. The number of rotatable bonds is 7. The topological polar surface area (TPSA) is 50.2 Å². The van der Waals surface area contributed by atoms with Gasteiger partial charge in [0.15, 0.2) is 0 Å². The van der Waals surface area contributed by atoms with Crippen molar-refractivity contribution < 1.29 is 4.79 Å². The Balaban J connectivity index is 1.86. The Morgan fingerprint density at radius 2 is 1.86 bits per heavy atom. The van der Waals surface area contributed by atoms with Crippen LogP contribution in [0.15, 0.2) is 36.5 Å². The smallest absolute Gasteiger partial charge is 0.226 e. The Hall–Kier alpha value is -2.30. The molecule has 1 aromatic carbocycles. The standard InChI is InChI=1S/C17H24N4O/c1-4-20(5-2)16-8-6-15(7-9-16)18-17(22)11-13-21-12-10-14(3)19-21/h6-10,12H,4-5,11,13H2,1-3H3,(H,18,22).